The molecule has 0 atom stereocenters. The minimum absolute atomic E-state index is 0.384. The number of rotatable bonds is 5. The van der Waals surface area contributed by atoms with E-state index in [0.29, 0.717) is 28.2 Å². The SMILES string of the molecule is COc1ccc2c(CSc3nnc(C4CC4)o3)cc(=O)oc2c1. The van der Waals surface area contributed by atoms with Gasteiger partial charge in [0.05, 0.1) is 7.11 Å². The van der Waals surface area contributed by atoms with E-state index in [4.69, 9.17) is 13.6 Å². The number of benzene rings is 1. The van der Waals surface area contributed by atoms with E-state index in [9.17, 15) is 4.79 Å². The monoisotopic (exact) mass is 330 g/mol. The van der Waals surface area contributed by atoms with E-state index < -0.39 is 0 Å². The van der Waals surface area contributed by atoms with E-state index in [0.717, 1.165) is 29.7 Å². The third-order valence-electron chi connectivity index (χ3n) is 3.74. The van der Waals surface area contributed by atoms with Crippen LogP contribution >= 0.6 is 11.8 Å². The zero-order valence-corrected chi connectivity index (χ0v) is 13.3. The molecular formula is C16H14N2O4S. The number of aromatic nitrogens is 2. The Labute approximate surface area is 135 Å². The molecule has 1 aromatic carbocycles. The van der Waals surface area contributed by atoms with E-state index in [1.807, 2.05) is 12.1 Å². The van der Waals surface area contributed by atoms with Crippen LogP contribution in [0.3, 0.4) is 0 Å². The van der Waals surface area contributed by atoms with Crippen molar-refractivity contribution in [3.05, 3.63) is 46.1 Å². The fourth-order valence-corrected chi connectivity index (χ4v) is 3.13. The largest absolute Gasteiger partial charge is 0.497 e. The molecule has 4 rings (SSSR count). The number of methoxy groups -OCH3 is 1. The van der Waals surface area contributed by atoms with Crippen molar-refractivity contribution in [1.29, 1.82) is 0 Å². The van der Waals surface area contributed by atoms with E-state index in [1.165, 1.54) is 17.8 Å². The van der Waals surface area contributed by atoms with Crippen LogP contribution in [-0.4, -0.2) is 17.3 Å². The van der Waals surface area contributed by atoms with Crippen molar-refractivity contribution in [1.82, 2.24) is 10.2 Å². The highest BCUT2D eigenvalue weighted by Crippen LogP contribution is 2.40. The molecule has 1 fully saturated rings. The average Bonchev–Trinajstić information content (AvgIpc) is 3.30. The van der Waals surface area contributed by atoms with Crippen LogP contribution in [0.2, 0.25) is 0 Å². The van der Waals surface area contributed by atoms with Crippen molar-refractivity contribution in [2.75, 3.05) is 7.11 Å². The Morgan fingerprint density at radius 1 is 1.26 bits per heavy atom. The van der Waals surface area contributed by atoms with Gasteiger partial charge in [-0.2, -0.15) is 0 Å². The lowest BCUT2D eigenvalue weighted by atomic mass is 10.1. The summed E-state index contributed by atoms with van der Waals surface area (Å²) in [7, 11) is 1.58. The van der Waals surface area contributed by atoms with Gasteiger partial charge in [0.25, 0.3) is 5.22 Å². The first-order valence-corrected chi connectivity index (χ1v) is 8.28. The third kappa shape index (κ3) is 2.96. The van der Waals surface area contributed by atoms with Crippen molar-refractivity contribution in [3.8, 4) is 5.75 Å². The van der Waals surface area contributed by atoms with Crippen molar-refractivity contribution in [3.63, 3.8) is 0 Å². The molecule has 0 spiro atoms. The first-order chi connectivity index (χ1) is 11.2. The summed E-state index contributed by atoms with van der Waals surface area (Å²) in [5.74, 6) is 2.36. The fraction of sp³-hybridized carbons (Fsp3) is 0.312. The van der Waals surface area contributed by atoms with Gasteiger partial charge in [-0.15, -0.1) is 10.2 Å². The van der Waals surface area contributed by atoms with Crippen LogP contribution < -0.4 is 10.4 Å². The highest BCUT2D eigenvalue weighted by molar-refractivity contribution is 7.98. The van der Waals surface area contributed by atoms with Gasteiger partial charge in [-0.25, -0.2) is 4.79 Å². The summed E-state index contributed by atoms with van der Waals surface area (Å²) >= 11 is 1.42. The molecule has 0 bridgehead atoms. The molecule has 0 unspecified atom stereocenters. The van der Waals surface area contributed by atoms with E-state index in [2.05, 4.69) is 10.2 Å². The number of thioether (sulfide) groups is 1. The van der Waals surface area contributed by atoms with Crippen LogP contribution in [0.1, 0.15) is 30.2 Å². The van der Waals surface area contributed by atoms with Gasteiger partial charge < -0.3 is 13.6 Å². The molecule has 6 nitrogen and oxygen atoms in total. The van der Waals surface area contributed by atoms with Gasteiger partial charge >= 0.3 is 5.63 Å². The van der Waals surface area contributed by atoms with Gasteiger partial charge in [0.2, 0.25) is 5.89 Å². The van der Waals surface area contributed by atoms with Gasteiger partial charge in [-0.05, 0) is 30.5 Å². The van der Waals surface area contributed by atoms with Crippen LogP contribution in [0.4, 0.5) is 0 Å². The van der Waals surface area contributed by atoms with Crippen LogP contribution in [0, 0.1) is 0 Å². The molecule has 0 N–H and O–H groups in total. The van der Waals surface area contributed by atoms with E-state index in [1.54, 1.807) is 13.2 Å². The predicted molar refractivity (Wildman–Crippen MR) is 84.9 cm³/mol. The fourth-order valence-electron chi connectivity index (χ4n) is 2.37. The molecule has 0 radical (unpaired) electrons. The van der Waals surface area contributed by atoms with Crippen LogP contribution in [0.15, 0.2) is 43.1 Å². The van der Waals surface area contributed by atoms with Crippen molar-refractivity contribution >= 4 is 22.7 Å². The van der Waals surface area contributed by atoms with Gasteiger partial charge in [0.1, 0.15) is 11.3 Å². The number of ether oxygens (including phenoxy) is 1. The topological polar surface area (TPSA) is 78.4 Å². The van der Waals surface area contributed by atoms with Crippen molar-refractivity contribution < 1.29 is 13.6 Å². The first kappa shape index (κ1) is 14.3. The molecule has 118 valence electrons. The second kappa shape index (κ2) is 5.73. The van der Waals surface area contributed by atoms with Gasteiger partial charge in [-0.1, -0.05) is 11.8 Å². The molecule has 0 amide bonds. The molecule has 1 aliphatic carbocycles. The number of hydrogen-bond acceptors (Lipinski definition) is 7. The number of fused-ring (bicyclic) bond motifs is 1. The summed E-state index contributed by atoms with van der Waals surface area (Å²) in [5.41, 5.74) is 0.997. The highest BCUT2D eigenvalue weighted by atomic mass is 32.2. The summed E-state index contributed by atoms with van der Waals surface area (Å²) in [4.78, 5) is 11.7. The Bertz CT molecular complexity index is 914. The zero-order valence-electron chi connectivity index (χ0n) is 12.4. The maximum atomic E-state index is 11.7. The van der Waals surface area contributed by atoms with E-state index >= 15 is 0 Å². The Balaban J connectivity index is 1.60. The number of hydrogen-bond donors (Lipinski definition) is 0. The standard InChI is InChI=1S/C16H14N2O4S/c1-20-11-4-5-12-10(6-14(19)21-13(12)7-11)8-23-16-18-17-15(22-16)9-2-3-9/h4-7,9H,2-3,8H2,1H3. The highest BCUT2D eigenvalue weighted by Gasteiger charge is 2.29. The van der Waals surface area contributed by atoms with Crippen molar-refractivity contribution in [2.24, 2.45) is 0 Å². The predicted octanol–water partition coefficient (Wildman–Crippen LogP) is 3.35. The Kier molecular flexibility index (Phi) is 3.57. The Morgan fingerprint density at radius 3 is 2.91 bits per heavy atom. The molecular weight excluding hydrogens is 316 g/mol. The van der Waals surface area contributed by atoms with E-state index in [-0.39, 0.29) is 5.63 Å². The maximum Gasteiger partial charge on any atom is 0.336 e. The van der Waals surface area contributed by atoms with Gasteiger partial charge in [0.15, 0.2) is 0 Å². The number of nitrogens with zero attached hydrogens (tertiary/aromatic N) is 2. The van der Waals surface area contributed by atoms with Gasteiger partial charge in [0, 0.05) is 29.2 Å². The molecule has 0 saturated heterocycles. The normalized spacial score (nSPS) is 14.3. The molecule has 2 aromatic heterocycles. The maximum absolute atomic E-state index is 11.7. The minimum atomic E-state index is -0.384. The lowest BCUT2D eigenvalue weighted by Crippen LogP contribution is -2.00. The van der Waals surface area contributed by atoms with Crippen LogP contribution in [-0.2, 0) is 5.75 Å². The summed E-state index contributed by atoms with van der Waals surface area (Å²) in [5, 5.41) is 9.51. The van der Waals surface area contributed by atoms with Crippen molar-refractivity contribution in [2.45, 2.75) is 29.7 Å². The van der Waals surface area contributed by atoms with Crippen LogP contribution in [0.5, 0.6) is 5.75 Å². The lowest BCUT2D eigenvalue weighted by molar-refractivity contribution is 0.413. The summed E-state index contributed by atoms with van der Waals surface area (Å²) < 4.78 is 16.0. The Hall–Kier alpha value is -2.28. The zero-order chi connectivity index (χ0) is 15.8. The third-order valence-corrected chi connectivity index (χ3v) is 4.60. The summed E-state index contributed by atoms with van der Waals surface area (Å²) in [6.07, 6.45) is 2.25. The molecule has 2 heterocycles. The average molecular weight is 330 g/mol. The quantitative estimate of drug-likeness (QED) is 0.524. The Morgan fingerprint density at radius 2 is 2.13 bits per heavy atom. The smallest absolute Gasteiger partial charge is 0.336 e. The summed E-state index contributed by atoms with van der Waals surface area (Å²) in [6, 6.07) is 6.94. The van der Waals surface area contributed by atoms with Crippen LogP contribution in [0.25, 0.3) is 11.0 Å². The molecule has 1 aliphatic rings. The molecule has 23 heavy (non-hydrogen) atoms. The molecule has 3 aromatic rings. The minimum Gasteiger partial charge on any atom is -0.497 e. The summed E-state index contributed by atoms with van der Waals surface area (Å²) in [6.45, 7) is 0. The lowest BCUT2D eigenvalue weighted by Gasteiger charge is -2.05. The second-order valence-electron chi connectivity index (χ2n) is 5.42. The van der Waals surface area contributed by atoms with Gasteiger partial charge in [-0.3, -0.25) is 0 Å². The molecule has 1 saturated carbocycles. The molecule has 7 heteroatoms. The second-order valence-corrected chi connectivity index (χ2v) is 6.35. The molecule has 0 aliphatic heterocycles. The first-order valence-electron chi connectivity index (χ1n) is 7.30.